The van der Waals surface area contributed by atoms with Gasteiger partial charge in [0.25, 0.3) is 5.91 Å². The van der Waals surface area contributed by atoms with Gasteiger partial charge in [0.2, 0.25) is 5.82 Å². The molecule has 0 unspecified atom stereocenters. The molecule has 1 heterocycles. The van der Waals surface area contributed by atoms with E-state index in [1.54, 1.807) is 0 Å². The maximum atomic E-state index is 12.1. The number of amides is 1. The lowest BCUT2D eigenvalue weighted by atomic mass is 10.4. The van der Waals surface area contributed by atoms with Gasteiger partial charge in [-0.05, 0) is 25.7 Å². The van der Waals surface area contributed by atoms with Crippen LogP contribution in [0.25, 0.3) is 0 Å². The Morgan fingerprint density at radius 3 is 2.61 bits per heavy atom. The molecule has 1 aromatic heterocycles. The van der Waals surface area contributed by atoms with Gasteiger partial charge in [0.1, 0.15) is 12.4 Å². The van der Waals surface area contributed by atoms with E-state index in [2.05, 4.69) is 15.2 Å². The molecule has 1 amide bonds. The van der Waals surface area contributed by atoms with E-state index in [1.165, 1.54) is 4.90 Å². The van der Waals surface area contributed by atoms with Gasteiger partial charge in [0, 0.05) is 12.0 Å². The second-order valence-electron chi connectivity index (χ2n) is 4.88. The van der Waals surface area contributed by atoms with E-state index in [0.717, 1.165) is 31.5 Å². The molecule has 0 radical (unpaired) electrons. The largest absolute Gasteiger partial charge is 0.480 e. The van der Waals surface area contributed by atoms with Crippen LogP contribution in [0, 0.1) is 0 Å². The molecule has 7 nitrogen and oxygen atoms in total. The molecule has 2 saturated carbocycles. The van der Waals surface area contributed by atoms with Crippen molar-refractivity contribution in [1.82, 2.24) is 20.1 Å². The maximum Gasteiger partial charge on any atom is 0.323 e. The highest BCUT2D eigenvalue weighted by Crippen LogP contribution is 2.37. The van der Waals surface area contributed by atoms with E-state index in [9.17, 15) is 9.59 Å². The lowest BCUT2D eigenvalue weighted by molar-refractivity contribution is -0.137. The van der Waals surface area contributed by atoms with E-state index in [4.69, 9.17) is 5.11 Å². The molecule has 0 aromatic carbocycles. The van der Waals surface area contributed by atoms with Crippen LogP contribution in [0.4, 0.5) is 0 Å². The smallest absolute Gasteiger partial charge is 0.323 e. The number of aliphatic carboxylic acids is 1. The second-order valence-corrected chi connectivity index (χ2v) is 4.88. The molecule has 2 aliphatic rings. The highest BCUT2D eigenvalue weighted by molar-refractivity contribution is 5.93. The van der Waals surface area contributed by atoms with Gasteiger partial charge in [-0.2, -0.15) is 0 Å². The third-order valence-corrected chi connectivity index (χ3v) is 3.21. The standard InChI is InChI=1S/C11H14N4O3/c16-8(17)5-15(7-3-4-7)11(18)10-12-9(13-14-10)6-1-2-6/h6-7H,1-5H2,(H,16,17)(H,12,13,14). The van der Waals surface area contributed by atoms with E-state index < -0.39 is 5.97 Å². The molecule has 0 bridgehead atoms. The third-order valence-electron chi connectivity index (χ3n) is 3.21. The Morgan fingerprint density at radius 1 is 1.33 bits per heavy atom. The normalized spacial score (nSPS) is 18.7. The number of aromatic amines is 1. The average Bonchev–Trinajstić information content (AvgIpc) is 3.24. The van der Waals surface area contributed by atoms with Gasteiger partial charge in [0.05, 0.1) is 0 Å². The second kappa shape index (κ2) is 4.08. The first kappa shape index (κ1) is 11.2. The maximum absolute atomic E-state index is 12.1. The quantitative estimate of drug-likeness (QED) is 0.786. The molecule has 18 heavy (non-hydrogen) atoms. The van der Waals surface area contributed by atoms with Gasteiger partial charge in [-0.3, -0.25) is 14.7 Å². The lowest BCUT2D eigenvalue weighted by Gasteiger charge is -2.17. The summed E-state index contributed by atoms with van der Waals surface area (Å²) in [6, 6.07) is 0.0384. The molecule has 0 aliphatic heterocycles. The van der Waals surface area contributed by atoms with E-state index in [-0.39, 0.29) is 24.3 Å². The summed E-state index contributed by atoms with van der Waals surface area (Å²) in [6.45, 7) is -0.281. The zero-order chi connectivity index (χ0) is 12.7. The van der Waals surface area contributed by atoms with Crippen LogP contribution in [0.5, 0.6) is 0 Å². The first-order chi connectivity index (χ1) is 8.65. The Bertz CT molecular complexity index is 490. The minimum atomic E-state index is -1.01. The molecule has 3 rings (SSSR count). The molecule has 2 N–H and O–H groups in total. The number of H-pyrrole nitrogens is 1. The van der Waals surface area contributed by atoms with Gasteiger partial charge < -0.3 is 10.0 Å². The monoisotopic (exact) mass is 250 g/mol. The summed E-state index contributed by atoms with van der Waals surface area (Å²) >= 11 is 0. The Morgan fingerprint density at radius 2 is 2.06 bits per heavy atom. The highest BCUT2D eigenvalue weighted by atomic mass is 16.4. The van der Waals surface area contributed by atoms with Gasteiger partial charge in [-0.15, -0.1) is 5.10 Å². The van der Waals surface area contributed by atoms with Crippen LogP contribution in [0.2, 0.25) is 0 Å². The van der Waals surface area contributed by atoms with Crippen LogP contribution in [0.15, 0.2) is 0 Å². The van der Waals surface area contributed by atoms with Crippen molar-refractivity contribution in [2.24, 2.45) is 0 Å². The van der Waals surface area contributed by atoms with E-state index in [0.29, 0.717) is 5.92 Å². The van der Waals surface area contributed by atoms with Crippen molar-refractivity contribution < 1.29 is 14.7 Å². The van der Waals surface area contributed by atoms with Gasteiger partial charge in [-0.25, -0.2) is 4.98 Å². The lowest BCUT2D eigenvalue weighted by Crippen LogP contribution is -2.38. The van der Waals surface area contributed by atoms with Crippen LogP contribution < -0.4 is 0 Å². The SMILES string of the molecule is O=C(O)CN(C(=O)c1n[nH]c(C2CC2)n1)C1CC1. The number of rotatable bonds is 5. The number of hydrogen-bond donors (Lipinski definition) is 2. The van der Waals surface area contributed by atoms with Gasteiger partial charge in [0.15, 0.2) is 0 Å². The number of carboxylic acids is 1. The van der Waals surface area contributed by atoms with Crippen LogP contribution >= 0.6 is 0 Å². The fraction of sp³-hybridized carbons (Fsp3) is 0.636. The topological polar surface area (TPSA) is 99.2 Å². The molecule has 0 spiro atoms. The number of nitrogens with one attached hydrogen (secondary N) is 1. The molecular weight excluding hydrogens is 236 g/mol. The first-order valence-corrected chi connectivity index (χ1v) is 6.10. The summed E-state index contributed by atoms with van der Waals surface area (Å²) in [5, 5.41) is 15.5. The number of hydrogen-bond acceptors (Lipinski definition) is 4. The minimum Gasteiger partial charge on any atom is -0.480 e. The molecule has 0 atom stereocenters. The number of nitrogens with zero attached hydrogens (tertiary/aromatic N) is 3. The van der Waals surface area contributed by atoms with Crippen molar-refractivity contribution in [3.63, 3.8) is 0 Å². The summed E-state index contributed by atoms with van der Waals surface area (Å²) in [7, 11) is 0. The zero-order valence-corrected chi connectivity index (χ0v) is 9.80. The first-order valence-electron chi connectivity index (χ1n) is 6.10. The summed E-state index contributed by atoms with van der Waals surface area (Å²) in [6.07, 6.45) is 3.87. The fourth-order valence-electron chi connectivity index (χ4n) is 1.94. The van der Waals surface area contributed by atoms with Crippen molar-refractivity contribution in [1.29, 1.82) is 0 Å². The summed E-state index contributed by atoms with van der Waals surface area (Å²) in [5.74, 6) is -0.168. The van der Waals surface area contributed by atoms with Crippen molar-refractivity contribution in [2.75, 3.05) is 6.54 Å². The van der Waals surface area contributed by atoms with Crippen LogP contribution in [0.3, 0.4) is 0 Å². The Kier molecular flexibility index (Phi) is 2.53. The van der Waals surface area contributed by atoms with Crippen molar-refractivity contribution >= 4 is 11.9 Å². The van der Waals surface area contributed by atoms with Crippen molar-refractivity contribution in [3.05, 3.63) is 11.6 Å². The number of carbonyl (C=O) groups excluding carboxylic acids is 1. The van der Waals surface area contributed by atoms with Gasteiger partial charge >= 0.3 is 5.97 Å². The highest BCUT2D eigenvalue weighted by Gasteiger charge is 2.36. The van der Waals surface area contributed by atoms with Crippen molar-refractivity contribution in [2.45, 2.75) is 37.6 Å². The van der Waals surface area contributed by atoms with E-state index in [1.807, 2.05) is 0 Å². The number of carboxylic acid groups (broad SMARTS) is 1. The predicted octanol–water partition coefficient (Wildman–Crippen LogP) is 0.371. The molecule has 2 aliphatic carbocycles. The summed E-state index contributed by atoms with van der Waals surface area (Å²) < 4.78 is 0. The van der Waals surface area contributed by atoms with Crippen LogP contribution in [-0.2, 0) is 4.79 Å². The summed E-state index contributed by atoms with van der Waals surface area (Å²) in [4.78, 5) is 28.4. The molecule has 7 heteroatoms. The Balaban J connectivity index is 1.75. The molecule has 1 aromatic rings. The van der Waals surface area contributed by atoms with Crippen LogP contribution in [-0.4, -0.2) is 49.7 Å². The Labute approximate surface area is 103 Å². The summed E-state index contributed by atoms with van der Waals surface area (Å²) in [5.41, 5.74) is 0. The Hall–Kier alpha value is -1.92. The molecule has 96 valence electrons. The number of aromatic nitrogens is 3. The number of carbonyl (C=O) groups is 2. The van der Waals surface area contributed by atoms with Gasteiger partial charge in [-0.1, -0.05) is 0 Å². The molecule has 2 fully saturated rings. The average molecular weight is 250 g/mol. The third kappa shape index (κ3) is 2.20. The van der Waals surface area contributed by atoms with Crippen LogP contribution in [0.1, 0.15) is 48.0 Å². The van der Waals surface area contributed by atoms with E-state index >= 15 is 0 Å². The van der Waals surface area contributed by atoms with Crippen molar-refractivity contribution in [3.8, 4) is 0 Å². The predicted molar refractivity (Wildman–Crippen MR) is 60.1 cm³/mol. The fourth-order valence-corrected chi connectivity index (χ4v) is 1.94. The molecular formula is C11H14N4O3. The minimum absolute atomic E-state index is 0.0384. The zero-order valence-electron chi connectivity index (χ0n) is 9.80. The molecule has 0 saturated heterocycles.